The smallest absolute Gasteiger partial charge is 0.195 e. The maximum Gasteiger partial charge on any atom is 0.195 e. The third-order valence-electron chi connectivity index (χ3n) is 21.0. The lowest BCUT2D eigenvalue weighted by molar-refractivity contribution is 0.660. The molecule has 0 spiro atoms. The summed E-state index contributed by atoms with van der Waals surface area (Å²) in [5.41, 5.74) is 33.8. The molecule has 0 bridgehead atoms. The number of nitrogens with zero attached hydrogens (tertiary/aromatic N) is 6. The average molecular weight is 1360 g/mol. The molecule has 16 aromatic rings. The fourth-order valence-electron chi connectivity index (χ4n) is 15.4. The lowest BCUT2D eigenvalue weighted by Crippen LogP contribution is -2.14. The molecule has 0 radical (unpaired) electrons. The van der Waals surface area contributed by atoms with Crippen molar-refractivity contribution >= 4 is 11.4 Å². The minimum absolute atomic E-state index is 0.163. The van der Waals surface area contributed by atoms with Gasteiger partial charge in [0.2, 0.25) is 0 Å². The van der Waals surface area contributed by atoms with Crippen LogP contribution in [0, 0.1) is 13.1 Å². The van der Waals surface area contributed by atoms with Gasteiger partial charge in [0.15, 0.2) is 23.0 Å². The van der Waals surface area contributed by atoms with Crippen LogP contribution in [0.15, 0.2) is 352 Å². The Labute approximate surface area is 619 Å². The average Bonchev–Trinajstić information content (AvgIpc) is 1.57. The molecular formula is C100H70N6. The monoisotopic (exact) mass is 1350 g/mol. The molecule has 500 valence electrons. The largest absolute Gasteiger partial charge is 0.238 e. The molecule has 0 saturated heterocycles. The minimum Gasteiger partial charge on any atom is -0.238 e. The number of hydrogen-bond donors (Lipinski definition) is 0. The lowest BCUT2D eigenvalue weighted by Gasteiger charge is -2.22. The molecule has 2 heterocycles. The second kappa shape index (κ2) is 27.5. The van der Waals surface area contributed by atoms with Crippen molar-refractivity contribution in [2.45, 2.75) is 38.5 Å². The molecule has 0 atom stereocenters. The molecular weight excluding hydrogens is 1290 g/mol. The Hall–Kier alpha value is -13.8. The van der Waals surface area contributed by atoms with Gasteiger partial charge in [0.25, 0.3) is 0 Å². The summed E-state index contributed by atoms with van der Waals surface area (Å²) < 4.78 is 0. The summed E-state index contributed by atoms with van der Waals surface area (Å²) in [6, 6.07) is 123. The van der Waals surface area contributed by atoms with E-state index in [1.165, 1.54) is 38.9 Å². The molecule has 0 saturated carbocycles. The van der Waals surface area contributed by atoms with Gasteiger partial charge in [-0.2, -0.15) is 0 Å². The topological polar surface area (TPSA) is 60.3 Å². The minimum atomic E-state index is -0.179. The van der Waals surface area contributed by atoms with E-state index in [0.717, 1.165) is 134 Å². The van der Waals surface area contributed by atoms with Crippen LogP contribution >= 0.6 is 0 Å². The Balaban J connectivity index is 0.000000160. The number of hydrogen-bond acceptors (Lipinski definition) is 4. The molecule has 2 aliphatic rings. The Morgan fingerprint density at radius 3 is 0.981 bits per heavy atom. The van der Waals surface area contributed by atoms with Crippen molar-refractivity contribution in [3.8, 4) is 157 Å². The van der Waals surface area contributed by atoms with Gasteiger partial charge in [-0.05, 0) is 166 Å². The van der Waals surface area contributed by atoms with Crippen molar-refractivity contribution in [3.63, 3.8) is 0 Å². The van der Waals surface area contributed by atoms with Crippen molar-refractivity contribution in [1.29, 1.82) is 0 Å². The normalized spacial score (nSPS) is 12.5. The maximum atomic E-state index is 7.91. The first-order valence-corrected chi connectivity index (χ1v) is 35.9. The number of fused-ring (bicyclic) bond motifs is 6. The van der Waals surface area contributed by atoms with Gasteiger partial charge in [0.1, 0.15) is 0 Å². The van der Waals surface area contributed by atoms with Crippen LogP contribution in [0.25, 0.3) is 167 Å². The first-order chi connectivity index (χ1) is 51.9. The zero-order valence-corrected chi connectivity index (χ0v) is 59.2. The van der Waals surface area contributed by atoms with Crippen LogP contribution in [0.5, 0.6) is 0 Å². The van der Waals surface area contributed by atoms with Crippen LogP contribution in [0.4, 0.5) is 11.4 Å². The second-order valence-corrected chi connectivity index (χ2v) is 28.3. The fraction of sp³-hybridized carbons (Fsp3) is 0.0600. The van der Waals surface area contributed by atoms with Crippen LogP contribution in [-0.4, -0.2) is 19.9 Å². The molecule has 0 fully saturated rings. The van der Waals surface area contributed by atoms with Crippen molar-refractivity contribution in [2.75, 3.05) is 0 Å². The van der Waals surface area contributed by atoms with Gasteiger partial charge >= 0.3 is 0 Å². The highest BCUT2D eigenvalue weighted by Gasteiger charge is 2.38. The summed E-state index contributed by atoms with van der Waals surface area (Å²) in [5, 5.41) is 0. The van der Waals surface area contributed by atoms with Crippen LogP contribution in [0.1, 0.15) is 49.9 Å². The summed E-state index contributed by atoms with van der Waals surface area (Å²) in [5.74, 6) is 1.39. The molecule has 0 unspecified atom stereocenters. The molecule has 2 aromatic heterocycles. The van der Waals surface area contributed by atoms with Crippen LogP contribution in [0.2, 0.25) is 0 Å². The van der Waals surface area contributed by atoms with Gasteiger partial charge in [-0.1, -0.05) is 325 Å². The molecule has 0 aliphatic heterocycles. The van der Waals surface area contributed by atoms with Crippen molar-refractivity contribution in [3.05, 3.63) is 397 Å². The first kappa shape index (κ1) is 65.5. The zero-order valence-electron chi connectivity index (χ0n) is 59.2. The molecule has 14 aromatic carbocycles. The van der Waals surface area contributed by atoms with E-state index in [0.29, 0.717) is 17.3 Å². The van der Waals surface area contributed by atoms with Crippen molar-refractivity contribution in [2.24, 2.45) is 0 Å². The summed E-state index contributed by atoms with van der Waals surface area (Å²) in [6.07, 6.45) is 0. The summed E-state index contributed by atoms with van der Waals surface area (Å²) >= 11 is 0. The van der Waals surface area contributed by atoms with Crippen molar-refractivity contribution < 1.29 is 0 Å². The van der Waals surface area contributed by atoms with Crippen molar-refractivity contribution in [1.82, 2.24) is 19.9 Å². The van der Waals surface area contributed by atoms with Gasteiger partial charge in [-0.3, -0.25) is 0 Å². The summed E-state index contributed by atoms with van der Waals surface area (Å²) in [4.78, 5) is 28.2. The summed E-state index contributed by atoms with van der Waals surface area (Å²) in [7, 11) is 0. The van der Waals surface area contributed by atoms with E-state index in [1.54, 1.807) is 0 Å². The molecule has 18 rings (SSSR count). The van der Waals surface area contributed by atoms with E-state index in [4.69, 9.17) is 33.1 Å². The first-order valence-electron chi connectivity index (χ1n) is 35.9. The maximum absolute atomic E-state index is 7.91. The van der Waals surface area contributed by atoms with E-state index in [1.807, 2.05) is 72.8 Å². The SMILES string of the molecule is [C-]#[N+]c1cccc2c1-c1cc(-c3cccc(-c4cccc(-c5cc(-c6ccc(-c7ccccc7)cc6)nc(-c6cccc(-c7ccccc7)c6)n5)c4)c3)ccc1C2(C)C.[C-]#[N+]c1cccc2c1-c1ccc(-c3cccc(-c4cccc(-c5cc(-c6ccccc6)nc(-c6ccccc6)n5)c4)c3)cc1C2(C)C. The predicted molar refractivity (Wildman–Crippen MR) is 437 cm³/mol. The molecule has 106 heavy (non-hydrogen) atoms. The van der Waals surface area contributed by atoms with Gasteiger partial charge in [-0.15, -0.1) is 0 Å². The lowest BCUT2D eigenvalue weighted by atomic mass is 9.81. The van der Waals surface area contributed by atoms with Crippen LogP contribution in [-0.2, 0) is 10.8 Å². The van der Waals surface area contributed by atoms with Gasteiger partial charge in [0, 0.05) is 44.2 Å². The van der Waals surface area contributed by atoms with Crippen LogP contribution < -0.4 is 0 Å². The third kappa shape index (κ3) is 12.4. The molecule has 2 aliphatic carbocycles. The van der Waals surface area contributed by atoms with E-state index < -0.39 is 0 Å². The van der Waals surface area contributed by atoms with Gasteiger partial charge in [0.05, 0.1) is 35.9 Å². The van der Waals surface area contributed by atoms with Crippen LogP contribution in [0.3, 0.4) is 0 Å². The highest BCUT2D eigenvalue weighted by atomic mass is 14.9. The molecule has 6 nitrogen and oxygen atoms in total. The second-order valence-electron chi connectivity index (χ2n) is 28.3. The van der Waals surface area contributed by atoms with Gasteiger partial charge < -0.3 is 0 Å². The highest BCUT2D eigenvalue weighted by Crippen LogP contribution is 2.55. The standard InChI is InChI=1S/C56H39N3.C44H31N3/c1-56(2)49-31-30-45(35-48(49)54-50(56)24-13-25-51(54)57-3)43-20-10-19-42(32-43)44-21-11-22-46(33-44)53-36-52(40-28-26-39(27-29-40)37-14-6-4-7-15-37)58-55(59-53)47-23-12-18-41(34-47)38-16-8-5-9-17-38;1-44(2)37-21-12-22-39(45-3)42(37)36-24-23-34(27-38(36)44)32-18-10-17-31(25-32)33-19-11-20-35(26-33)41-28-40(29-13-6-4-7-14-29)46-43(47-41)30-15-8-5-9-16-30/h4-36H,1-2H3;4-28H,1-2H3. The van der Waals surface area contributed by atoms with E-state index in [9.17, 15) is 0 Å². The fourth-order valence-corrected chi connectivity index (χ4v) is 15.4. The Morgan fingerprint density at radius 1 is 0.208 bits per heavy atom. The quantitative estimate of drug-likeness (QED) is 0.114. The van der Waals surface area contributed by atoms with E-state index in [2.05, 4.69) is 316 Å². The van der Waals surface area contributed by atoms with Gasteiger partial charge in [-0.25, -0.2) is 29.6 Å². The number of benzene rings is 14. The summed E-state index contributed by atoms with van der Waals surface area (Å²) in [6.45, 7) is 24.7. The van der Waals surface area contributed by atoms with E-state index in [-0.39, 0.29) is 10.8 Å². The Kier molecular flexibility index (Phi) is 17.0. The molecule has 6 heteroatoms. The number of rotatable bonds is 12. The molecule has 0 N–H and O–H groups in total. The molecule has 0 amide bonds. The zero-order chi connectivity index (χ0) is 71.9. The van der Waals surface area contributed by atoms with E-state index >= 15 is 0 Å². The predicted octanol–water partition coefficient (Wildman–Crippen LogP) is 26.7. The Morgan fingerprint density at radius 2 is 0.500 bits per heavy atom. The Bertz CT molecular complexity index is 6090. The third-order valence-corrected chi connectivity index (χ3v) is 21.0. The highest BCUT2D eigenvalue weighted by molar-refractivity contribution is 5.94. The number of aromatic nitrogens is 4.